The van der Waals surface area contributed by atoms with Crippen molar-refractivity contribution in [3.63, 3.8) is 0 Å². The molecule has 1 aromatic carbocycles. The Labute approximate surface area is 107 Å². The summed E-state index contributed by atoms with van der Waals surface area (Å²) in [5, 5.41) is 19.0. The van der Waals surface area contributed by atoms with Gasteiger partial charge in [-0.05, 0) is 50.3 Å². The van der Waals surface area contributed by atoms with E-state index in [0.717, 1.165) is 29.5 Å². The summed E-state index contributed by atoms with van der Waals surface area (Å²) in [6, 6.07) is 5.45. The molecule has 3 nitrogen and oxygen atoms in total. The molecule has 3 heteroatoms. The van der Waals surface area contributed by atoms with Crippen molar-refractivity contribution in [2.75, 3.05) is 0 Å². The number of aliphatic carboxylic acids is 1. The first kappa shape index (κ1) is 12.7. The van der Waals surface area contributed by atoms with Gasteiger partial charge in [-0.3, -0.25) is 4.79 Å². The van der Waals surface area contributed by atoms with Crippen molar-refractivity contribution in [3.8, 4) is 5.75 Å². The lowest BCUT2D eigenvalue weighted by Crippen LogP contribution is -2.24. The first-order valence-corrected chi connectivity index (χ1v) is 6.15. The molecule has 96 valence electrons. The zero-order chi connectivity index (χ0) is 13.3. The highest BCUT2D eigenvalue weighted by atomic mass is 16.4. The molecule has 2 rings (SSSR count). The Morgan fingerprint density at radius 3 is 2.78 bits per heavy atom. The molecule has 0 bridgehead atoms. The third-order valence-corrected chi connectivity index (χ3v) is 3.49. The highest BCUT2D eigenvalue weighted by Crippen LogP contribution is 2.38. The summed E-state index contributed by atoms with van der Waals surface area (Å²) in [7, 11) is 0. The predicted molar refractivity (Wildman–Crippen MR) is 70.4 cm³/mol. The topological polar surface area (TPSA) is 57.5 Å². The second kappa shape index (κ2) is 4.48. The summed E-state index contributed by atoms with van der Waals surface area (Å²) in [5.74, 6) is -0.484. The van der Waals surface area contributed by atoms with Crippen LogP contribution < -0.4 is 0 Å². The summed E-state index contributed by atoms with van der Waals surface area (Å²) in [5.41, 5.74) is 2.18. The van der Waals surface area contributed by atoms with E-state index in [0.29, 0.717) is 12.2 Å². The fourth-order valence-electron chi connectivity index (χ4n) is 2.36. The van der Waals surface area contributed by atoms with Gasteiger partial charge in [-0.15, -0.1) is 0 Å². The van der Waals surface area contributed by atoms with Crippen molar-refractivity contribution in [2.24, 2.45) is 5.41 Å². The Kier molecular flexibility index (Phi) is 3.16. The van der Waals surface area contributed by atoms with Crippen molar-refractivity contribution in [3.05, 3.63) is 35.4 Å². The second-order valence-electron chi connectivity index (χ2n) is 5.44. The van der Waals surface area contributed by atoms with Crippen molar-refractivity contribution in [2.45, 2.75) is 33.1 Å². The minimum absolute atomic E-state index is 0.311. The van der Waals surface area contributed by atoms with Gasteiger partial charge in [0.25, 0.3) is 0 Å². The summed E-state index contributed by atoms with van der Waals surface area (Å²) in [6.45, 7) is 3.46. The molecule has 0 atom stereocenters. The van der Waals surface area contributed by atoms with E-state index in [1.165, 1.54) is 0 Å². The van der Waals surface area contributed by atoms with Gasteiger partial charge in [0.15, 0.2) is 0 Å². The lowest BCUT2D eigenvalue weighted by Gasteiger charge is -2.25. The molecule has 0 aliphatic heterocycles. The number of fused-ring (bicyclic) bond motifs is 1. The highest BCUT2D eigenvalue weighted by Gasteiger charge is 2.30. The van der Waals surface area contributed by atoms with Crippen molar-refractivity contribution < 1.29 is 15.0 Å². The average molecular weight is 246 g/mol. The quantitative estimate of drug-likeness (QED) is 0.860. The van der Waals surface area contributed by atoms with Gasteiger partial charge in [0.2, 0.25) is 0 Å². The third kappa shape index (κ3) is 2.26. The Balaban J connectivity index is 2.35. The van der Waals surface area contributed by atoms with Gasteiger partial charge in [-0.25, -0.2) is 0 Å². The molecule has 0 amide bonds. The lowest BCUT2D eigenvalue weighted by atomic mass is 9.79. The first-order chi connectivity index (χ1) is 8.42. The Bertz CT molecular complexity index is 512. The number of carboxylic acids is 1. The van der Waals surface area contributed by atoms with Crippen molar-refractivity contribution >= 4 is 11.5 Å². The van der Waals surface area contributed by atoms with Gasteiger partial charge >= 0.3 is 5.97 Å². The maximum atomic E-state index is 11.2. The molecule has 0 saturated heterocycles. The minimum atomic E-state index is -0.796. The zero-order valence-electron chi connectivity index (χ0n) is 10.7. The molecule has 0 fully saturated rings. The first-order valence-electron chi connectivity index (χ1n) is 6.15. The third-order valence-electron chi connectivity index (χ3n) is 3.49. The number of hydrogen-bond donors (Lipinski definition) is 2. The highest BCUT2D eigenvalue weighted by molar-refractivity contribution is 5.80. The van der Waals surface area contributed by atoms with Crippen LogP contribution >= 0.6 is 0 Å². The largest absolute Gasteiger partial charge is 0.508 e. The maximum Gasteiger partial charge on any atom is 0.309 e. The number of phenolic OH excluding ortho intramolecular Hbond substituents is 1. The predicted octanol–water partition coefficient (Wildman–Crippen LogP) is 3.22. The van der Waals surface area contributed by atoms with E-state index < -0.39 is 11.4 Å². The molecule has 0 aromatic heterocycles. The lowest BCUT2D eigenvalue weighted by molar-refractivity contribution is -0.146. The molecule has 2 N–H and O–H groups in total. The Morgan fingerprint density at radius 1 is 1.39 bits per heavy atom. The van der Waals surface area contributed by atoms with Crippen LogP contribution in [0.2, 0.25) is 0 Å². The molecular formula is C15H18O3. The van der Waals surface area contributed by atoms with Crippen molar-refractivity contribution in [1.82, 2.24) is 0 Å². The van der Waals surface area contributed by atoms with E-state index >= 15 is 0 Å². The fraction of sp³-hybridized carbons (Fsp3) is 0.400. The molecular weight excluding hydrogens is 228 g/mol. The molecule has 1 aromatic rings. The summed E-state index contributed by atoms with van der Waals surface area (Å²) in [6.07, 6.45) is 4.25. The van der Waals surface area contributed by atoms with Crippen LogP contribution in [0.3, 0.4) is 0 Å². The second-order valence-corrected chi connectivity index (χ2v) is 5.44. The minimum Gasteiger partial charge on any atom is -0.508 e. The molecule has 0 spiro atoms. The number of hydrogen-bond acceptors (Lipinski definition) is 2. The number of allylic oxidation sites excluding steroid dienone is 2. The SMILES string of the molecule is CC(C)(CC1=CCCc2c(O)cccc21)C(=O)O. The number of rotatable bonds is 3. The van der Waals surface area contributed by atoms with Gasteiger partial charge < -0.3 is 10.2 Å². The van der Waals surface area contributed by atoms with E-state index in [1.54, 1.807) is 26.0 Å². The molecule has 0 unspecified atom stereocenters. The van der Waals surface area contributed by atoms with E-state index in [9.17, 15) is 15.0 Å². The summed E-state index contributed by atoms with van der Waals surface area (Å²) in [4.78, 5) is 11.2. The number of carbonyl (C=O) groups is 1. The van der Waals surface area contributed by atoms with Crippen LogP contribution in [0.15, 0.2) is 24.3 Å². The standard InChI is InChI=1S/C15H18O3/c1-15(2,14(17)18)9-10-5-3-7-12-11(10)6-4-8-13(12)16/h4-6,8,16H,3,7,9H2,1-2H3,(H,17,18). The van der Waals surface area contributed by atoms with Gasteiger partial charge in [0, 0.05) is 5.56 Å². The Morgan fingerprint density at radius 2 is 2.11 bits per heavy atom. The maximum absolute atomic E-state index is 11.2. The van der Waals surface area contributed by atoms with Crippen LogP contribution in [0.4, 0.5) is 0 Å². The smallest absolute Gasteiger partial charge is 0.309 e. The van der Waals surface area contributed by atoms with Crippen molar-refractivity contribution in [1.29, 1.82) is 0 Å². The van der Waals surface area contributed by atoms with Crippen LogP contribution in [-0.2, 0) is 11.2 Å². The number of aromatic hydroxyl groups is 1. The number of benzene rings is 1. The van der Waals surface area contributed by atoms with E-state index in [1.807, 2.05) is 6.07 Å². The van der Waals surface area contributed by atoms with Crippen LogP contribution in [0.1, 0.15) is 37.8 Å². The molecule has 0 radical (unpaired) electrons. The summed E-state index contributed by atoms with van der Waals surface area (Å²) < 4.78 is 0. The number of phenols is 1. The fourth-order valence-corrected chi connectivity index (χ4v) is 2.36. The summed E-state index contributed by atoms with van der Waals surface area (Å²) >= 11 is 0. The van der Waals surface area contributed by atoms with Gasteiger partial charge in [-0.1, -0.05) is 18.2 Å². The Hall–Kier alpha value is -1.77. The molecule has 1 aliphatic carbocycles. The van der Waals surface area contributed by atoms with Crippen LogP contribution in [0.5, 0.6) is 5.75 Å². The van der Waals surface area contributed by atoms with E-state index in [4.69, 9.17) is 0 Å². The monoisotopic (exact) mass is 246 g/mol. The van der Waals surface area contributed by atoms with Crippen LogP contribution in [0.25, 0.3) is 5.57 Å². The van der Waals surface area contributed by atoms with E-state index in [2.05, 4.69) is 6.08 Å². The number of carboxylic acid groups (broad SMARTS) is 1. The molecule has 0 heterocycles. The molecule has 0 saturated carbocycles. The van der Waals surface area contributed by atoms with Gasteiger partial charge in [0.1, 0.15) is 5.75 Å². The zero-order valence-corrected chi connectivity index (χ0v) is 10.7. The van der Waals surface area contributed by atoms with Gasteiger partial charge in [-0.2, -0.15) is 0 Å². The molecule has 18 heavy (non-hydrogen) atoms. The average Bonchev–Trinajstić information content (AvgIpc) is 2.30. The normalized spacial score (nSPS) is 14.9. The van der Waals surface area contributed by atoms with E-state index in [-0.39, 0.29) is 0 Å². The van der Waals surface area contributed by atoms with Crippen LogP contribution in [0, 0.1) is 5.41 Å². The van der Waals surface area contributed by atoms with Crippen LogP contribution in [-0.4, -0.2) is 16.2 Å². The molecule has 1 aliphatic rings. The van der Waals surface area contributed by atoms with Gasteiger partial charge in [0.05, 0.1) is 5.41 Å².